The van der Waals surface area contributed by atoms with Gasteiger partial charge in [0.05, 0.1) is 12.6 Å². The Labute approximate surface area is 189 Å². The summed E-state index contributed by atoms with van der Waals surface area (Å²) in [7, 11) is -9.30. The quantitative estimate of drug-likeness (QED) is 0.341. The van der Waals surface area contributed by atoms with Gasteiger partial charge in [0.15, 0.2) is 22.9 Å². The highest BCUT2D eigenvalue weighted by molar-refractivity contribution is 7.46. The van der Waals surface area contributed by atoms with E-state index in [4.69, 9.17) is 27.9 Å². The molecule has 1 saturated heterocycles. The largest absolute Gasteiger partial charge is 0.469 e. The number of phosphoric ester groups is 1. The summed E-state index contributed by atoms with van der Waals surface area (Å²) in [6.45, 7) is 22.0. The summed E-state index contributed by atoms with van der Waals surface area (Å²) in [5.41, 5.74) is 0. The van der Waals surface area contributed by atoms with Crippen LogP contribution in [0.25, 0.3) is 0 Å². The van der Waals surface area contributed by atoms with E-state index in [1.165, 1.54) is 6.92 Å². The number of phosphoric acid groups is 1. The Hall–Kier alpha value is -0.106. The molecule has 31 heavy (non-hydrogen) atoms. The van der Waals surface area contributed by atoms with Crippen molar-refractivity contribution in [3.63, 3.8) is 0 Å². The van der Waals surface area contributed by atoms with Crippen molar-refractivity contribution in [3.05, 3.63) is 0 Å². The van der Waals surface area contributed by atoms with Crippen LogP contribution in [0.15, 0.2) is 0 Å². The molecule has 0 bridgehead atoms. The van der Waals surface area contributed by atoms with E-state index in [0.717, 1.165) is 0 Å². The zero-order valence-electron chi connectivity index (χ0n) is 20.8. The molecule has 12 heteroatoms. The first-order valence-electron chi connectivity index (χ1n) is 10.6. The van der Waals surface area contributed by atoms with Gasteiger partial charge in [0.1, 0.15) is 12.2 Å². The Balaban J connectivity index is 3.35. The Kier molecular flexibility index (Phi) is 8.99. The summed E-state index contributed by atoms with van der Waals surface area (Å²) >= 11 is 0. The number of ether oxygens (including phenoxy) is 1. The number of hydrogen-bond donors (Lipinski definition) is 3. The smallest absolute Gasteiger partial charge is 0.407 e. The van der Waals surface area contributed by atoms with E-state index in [2.05, 4.69) is 73.0 Å². The van der Waals surface area contributed by atoms with Gasteiger partial charge in [-0.15, -0.1) is 0 Å². The number of hydrogen-bond acceptors (Lipinski definition) is 6. The van der Waals surface area contributed by atoms with Crippen LogP contribution in [0.2, 0.25) is 36.3 Å². The predicted molar refractivity (Wildman–Crippen MR) is 125 cm³/mol. The number of rotatable bonds is 8. The third-order valence-corrected chi connectivity index (χ3v) is 16.0. The van der Waals surface area contributed by atoms with Crippen molar-refractivity contribution in [2.24, 2.45) is 0 Å². The van der Waals surface area contributed by atoms with E-state index in [-0.39, 0.29) is 16.0 Å². The van der Waals surface area contributed by atoms with Crippen LogP contribution < -0.4 is 5.32 Å². The molecule has 1 aliphatic heterocycles. The lowest BCUT2D eigenvalue weighted by Gasteiger charge is -2.43. The number of amides is 1. The second kappa shape index (κ2) is 9.64. The van der Waals surface area contributed by atoms with Gasteiger partial charge in [-0.1, -0.05) is 41.5 Å². The molecule has 1 amide bonds. The van der Waals surface area contributed by atoms with Crippen LogP contribution >= 0.6 is 7.82 Å². The average molecular weight is 500 g/mol. The molecule has 1 heterocycles. The molecule has 4 atom stereocenters. The van der Waals surface area contributed by atoms with E-state index in [9.17, 15) is 9.36 Å². The highest BCUT2D eigenvalue weighted by Gasteiger charge is 2.54. The number of nitrogens with one attached hydrogen (secondary N) is 1. The summed E-state index contributed by atoms with van der Waals surface area (Å²) in [6.07, 6.45) is -2.26. The van der Waals surface area contributed by atoms with Crippen LogP contribution in [0, 0.1) is 0 Å². The van der Waals surface area contributed by atoms with Gasteiger partial charge < -0.3 is 28.7 Å². The molecule has 1 aliphatic rings. The van der Waals surface area contributed by atoms with Crippen LogP contribution in [0.1, 0.15) is 48.5 Å². The fourth-order valence-electron chi connectivity index (χ4n) is 2.65. The van der Waals surface area contributed by atoms with Crippen LogP contribution in [0.4, 0.5) is 0 Å². The summed E-state index contributed by atoms with van der Waals surface area (Å²) in [5.74, 6) is -0.299. The molecule has 0 saturated carbocycles. The first kappa shape index (κ1) is 28.9. The lowest BCUT2D eigenvalue weighted by molar-refractivity contribution is -0.121. The highest BCUT2D eigenvalue weighted by atomic mass is 31.2. The Morgan fingerprint density at radius 3 is 1.84 bits per heavy atom. The predicted octanol–water partition coefficient (Wildman–Crippen LogP) is 3.74. The van der Waals surface area contributed by atoms with E-state index < -0.39 is 55.6 Å². The van der Waals surface area contributed by atoms with E-state index in [0.29, 0.717) is 0 Å². The van der Waals surface area contributed by atoms with Gasteiger partial charge in [-0.3, -0.25) is 9.32 Å². The minimum absolute atomic E-state index is 0.0954. The summed E-state index contributed by atoms with van der Waals surface area (Å²) in [6, 6.07) is -0.673. The van der Waals surface area contributed by atoms with Crippen LogP contribution in [0.5, 0.6) is 0 Å². The summed E-state index contributed by atoms with van der Waals surface area (Å²) < 4.78 is 35.3. The molecule has 0 radical (unpaired) electrons. The fourth-order valence-corrected chi connectivity index (χ4v) is 5.40. The van der Waals surface area contributed by atoms with Crippen molar-refractivity contribution in [2.45, 2.75) is 109 Å². The Bertz CT molecular complexity index is 683. The molecular weight excluding hydrogens is 457 g/mol. The second-order valence-electron chi connectivity index (χ2n) is 11.3. The Morgan fingerprint density at radius 1 is 1.00 bits per heavy atom. The molecule has 0 aliphatic carbocycles. The van der Waals surface area contributed by atoms with Crippen molar-refractivity contribution < 1.29 is 37.3 Å². The normalized spacial score (nSPS) is 26.2. The van der Waals surface area contributed by atoms with E-state index in [1.54, 1.807) is 0 Å². The van der Waals surface area contributed by atoms with E-state index in [1.807, 2.05) is 0 Å². The molecule has 0 aromatic carbocycles. The van der Waals surface area contributed by atoms with Gasteiger partial charge in [-0.05, 0) is 36.3 Å². The van der Waals surface area contributed by atoms with Crippen LogP contribution in [0.3, 0.4) is 0 Å². The van der Waals surface area contributed by atoms with Crippen molar-refractivity contribution >= 4 is 30.4 Å². The Morgan fingerprint density at radius 2 is 1.45 bits per heavy atom. The van der Waals surface area contributed by atoms with Gasteiger partial charge in [-0.2, -0.15) is 0 Å². The molecule has 0 aromatic heterocycles. The lowest BCUT2D eigenvalue weighted by atomic mass is 10.1. The maximum Gasteiger partial charge on any atom is 0.469 e. The molecular formula is C19H42NO8PSi2. The lowest BCUT2D eigenvalue weighted by Crippen LogP contribution is -2.56. The molecule has 3 N–H and O–H groups in total. The molecule has 184 valence electrons. The standard InChI is InChI=1S/C19H42NO8PSi2/c1-13(21)20-15-14(12-25-29(22,23)24)26-17(28-31(10,11)19(5,6)7)16(15)27-30(8,9)18(2,3)4/h14-17H,12H2,1-11H3,(H,20,21)(H2,22,23,24)/t14-,15?,16+,17-/m1/s1. The van der Waals surface area contributed by atoms with Gasteiger partial charge in [0.2, 0.25) is 5.91 Å². The topological polar surface area (TPSA) is 124 Å². The number of carbonyl (C=O) groups is 1. The minimum Gasteiger partial charge on any atom is -0.407 e. The summed E-state index contributed by atoms with van der Waals surface area (Å²) in [4.78, 5) is 30.3. The molecule has 1 rings (SSSR count). The first-order chi connectivity index (χ1) is 13.6. The SMILES string of the molecule is CC(=O)NC1[C@@H](COP(=O)(O)O)O[C@H](O[Si](C)(C)C(C)(C)C)[C@H]1O[Si](C)(C)C(C)(C)C. The maximum absolute atomic E-state index is 12.0. The van der Waals surface area contributed by atoms with Crippen LogP contribution in [-0.2, 0) is 27.5 Å². The van der Waals surface area contributed by atoms with Crippen LogP contribution in [-0.4, -0.2) is 63.5 Å². The van der Waals surface area contributed by atoms with Crippen molar-refractivity contribution in [1.82, 2.24) is 5.32 Å². The average Bonchev–Trinajstić information content (AvgIpc) is 2.78. The monoisotopic (exact) mass is 499 g/mol. The van der Waals surface area contributed by atoms with E-state index >= 15 is 0 Å². The zero-order valence-corrected chi connectivity index (χ0v) is 23.7. The minimum atomic E-state index is -4.71. The fraction of sp³-hybridized carbons (Fsp3) is 0.947. The van der Waals surface area contributed by atoms with Gasteiger partial charge in [-0.25, -0.2) is 4.57 Å². The van der Waals surface area contributed by atoms with Crippen molar-refractivity contribution in [1.29, 1.82) is 0 Å². The zero-order chi connectivity index (χ0) is 24.6. The van der Waals surface area contributed by atoms with Gasteiger partial charge in [0.25, 0.3) is 0 Å². The highest BCUT2D eigenvalue weighted by Crippen LogP contribution is 2.44. The third kappa shape index (κ3) is 8.01. The molecule has 9 nitrogen and oxygen atoms in total. The first-order valence-corrected chi connectivity index (χ1v) is 17.9. The van der Waals surface area contributed by atoms with Crippen molar-refractivity contribution in [3.8, 4) is 0 Å². The summed E-state index contributed by atoms with van der Waals surface area (Å²) in [5, 5.41) is 2.65. The molecule has 0 aromatic rings. The third-order valence-electron chi connectivity index (χ3n) is 6.56. The van der Waals surface area contributed by atoms with Crippen molar-refractivity contribution in [2.75, 3.05) is 6.61 Å². The number of carbonyl (C=O) groups excluding carboxylic acids is 1. The van der Waals surface area contributed by atoms with Gasteiger partial charge in [0, 0.05) is 6.92 Å². The molecule has 1 fully saturated rings. The second-order valence-corrected chi connectivity index (χ2v) is 22.0. The maximum atomic E-state index is 12.0. The molecule has 0 spiro atoms. The van der Waals surface area contributed by atoms with Gasteiger partial charge >= 0.3 is 7.82 Å². The molecule has 1 unspecified atom stereocenters.